The molecule has 0 saturated heterocycles. The van der Waals surface area contributed by atoms with Gasteiger partial charge in [-0.1, -0.05) is 104 Å². The third-order valence-corrected chi connectivity index (χ3v) is 5.15. The molecule has 0 saturated carbocycles. The van der Waals surface area contributed by atoms with Crippen molar-refractivity contribution in [1.29, 1.82) is 0 Å². The summed E-state index contributed by atoms with van der Waals surface area (Å²) in [6.07, 6.45) is 21.3. The van der Waals surface area contributed by atoms with Gasteiger partial charge in [0, 0.05) is 6.54 Å². The first-order chi connectivity index (χ1) is 14.1. The Labute approximate surface area is 212 Å². The normalized spacial score (nSPS) is 12.4. The topological polar surface area (TPSA) is 69.6 Å². The fourth-order valence-corrected chi connectivity index (χ4v) is 3.17. The molecule has 0 heterocycles. The van der Waals surface area contributed by atoms with Crippen molar-refractivity contribution in [2.75, 3.05) is 19.7 Å². The molecule has 2 unspecified atom stereocenters. The van der Waals surface area contributed by atoms with E-state index in [1.807, 2.05) is 6.29 Å². The van der Waals surface area contributed by atoms with E-state index in [-0.39, 0.29) is 37.7 Å². The van der Waals surface area contributed by atoms with Crippen LogP contribution in [0.4, 0.5) is 0 Å². The van der Waals surface area contributed by atoms with Crippen molar-refractivity contribution < 1.29 is 46.1 Å². The maximum absolute atomic E-state index is 9.82. The van der Waals surface area contributed by atoms with E-state index in [4.69, 9.17) is 10.2 Å². The molecule has 0 aliphatic heterocycles. The third kappa shape index (κ3) is 33.2. The van der Waals surface area contributed by atoms with Gasteiger partial charge in [-0.2, -0.15) is 12.3 Å². The first-order valence-corrected chi connectivity index (χ1v) is 12.3. The van der Waals surface area contributed by atoms with Crippen LogP contribution in [-0.4, -0.2) is 42.3 Å². The smallest absolute Gasteiger partial charge is 0.542 e. The maximum atomic E-state index is 9.82. The largest absolute Gasteiger partial charge is 2.00 e. The van der Waals surface area contributed by atoms with Crippen LogP contribution in [0, 0.1) is 44.0 Å². The summed E-state index contributed by atoms with van der Waals surface area (Å²) in [5.74, 6) is 0.725. The minimum Gasteiger partial charge on any atom is -0.542 e. The molecule has 0 radical (unpaired) electrons. The zero-order valence-corrected chi connectivity index (χ0v) is 24.3. The van der Waals surface area contributed by atoms with E-state index >= 15 is 0 Å². The number of carbonyl (C=O) groups excluding carboxylic acids is 1. The minimum atomic E-state index is -0.664. The average Bonchev–Trinajstić information content (AvgIpc) is 2.73. The van der Waals surface area contributed by atoms with Crippen LogP contribution in [0.25, 0.3) is 0 Å². The second-order valence-corrected chi connectivity index (χ2v) is 8.27. The van der Waals surface area contributed by atoms with Crippen molar-refractivity contribution >= 4 is 6.29 Å². The summed E-state index contributed by atoms with van der Waals surface area (Å²) in [6.45, 7) is 9.87. The van der Waals surface area contributed by atoms with E-state index in [0.29, 0.717) is 13.0 Å². The Hall–Kier alpha value is 0.602. The summed E-state index contributed by atoms with van der Waals surface area (Å²) in [7, 11) is 0. The molecule has 30 heavy (non-hydrogen) atoms. The van der Waals surface area contributed by atoms with Crippen LogP contribution in [0.1, 0.15) is 117 Å². The zero-order chi connectivity index (χ0) is 22.0. The SMILES string of the molecule is O=[C-]CCCCCNCC(O)CO.[CH2-]C(CCCCCC)CCCCCCCC.[U+2]. The van der Waals surface area contributed by atoms with Gasteiger partial charge < -0.3 is 27.2 Å². The van der Waals surface area contributed by atoms with Gasteiger partial charge in [0.05, 0.1) is 12.7 Å². The molecule has 0 aliphatic rings. The van der Waals surface area contributed by atoms with Crippen molar-refractivity contribution in [3.05, 3.63) is 6.92 Å². The fraction of sp³-hybridized carbons (Fsp3) is 0.920. The van der Waals surface area contributed by atoms with Gasteiger partial charge in [-0.05, 0) is 13.0 Å². The number of nitrogens with one attached hydrogen (secondary N) is 1. The quantitative estimate of drug-likeness (QED) is 0.109. The predicted octanol–water partition coefficient (Wildman–Crippen LogP) is 5.76. The zero-order valence-electron chi connectivity index (χ0n) is 20.1. The summed E-state index contributed by atoms with van der Waals surface area (Å²) in [5.41, 5.74) is 0. The van der Waals surface area contributed by atoms with Crippen molar-refractivity contribution in [2.24, 2.45) is 5.92 Å². The van der Waals surface area contributed by atoms with Crippen LogP contribution in [0.5, 0.6) is 0 Å². The first-order valence-electron chi connectivity index (χ1n) is 12.3. The monoisotopic (exact) mass is 651 g/mol. The Morgan fingerprint density at radius 2 is 1.33 bits per heavy atom. The van der Waals surface area contributed by atoms with Gasteiger partial charge in [0.15, 0.2) is 0 Å². The standard InChI is InChI=1S/C16H33.C9H18NO3.U/c1-4-6-8-10-11-13-15-16(3)14-12-9-7-5-2;11-6-4-2-1-3-5-10-7-9(13)8-12;/h16H,3-15H2,1-2H3;9-10,12-13H,1-5,7-8H2;/q2*-1;+2. The Bertz CT molecular complexity index is 306. The van der Waals surface area contributed by atoms with Crippen molar-refractivity contribution in [2.45, 2.75) is 123 Å². The van der Waals surface area contributed by atoms with Crippen LogP contribution in [0.15, 0.2) is 0 Å². The Balaban J connectivity index is -0.000000480. The van der Waals surface area contributed by atoms with E-state index in [9.17, 15) is 4.79 Å². The molecule has 0 aliphatic carbocycles. The van der Waals surface area contributed by atoms with Crippen LogP contribution in [0.3, 0.4) is 0 Å². The molecule has 0 spiro atoms. The summed E-state index contributed by atoms with van der Waals surface area (Å²) in [5, 5.41) is 20.4. The Morgan fingerprint density at radius 3 is 1.87 bits per heavy atom. The molecule has 0 aromatic heterocycles. The Morgan fingerprint density at radius 1 is 0.833 bits per heavy atom. The summed E-state index contributed by atoms with van der Waals surface area (Å²) >= 11 is 0. The summed E-state index contributed by atoms with van der Waals surface area (Å²) < 4.78 is 0. The number of rotatable bonds is 21. The van der Waals surface area contributed by atoms with E-state index < -0.39 is 6.10 Å². The molecular weight excluding hydrogens is 600 g/mol. The second-order valence-electron chi connectivity index (χ2n) is 8.27. The summed E-state index contributed by atoms with van der Waals surface area (Å²) in [6, 6.07) is 0. The number of unbranched alkanes of at least 4 members (excludes halogenated alkanes) is 11. The van der Waals surface area contributed by atoms with Crippen molar-refractivity contribution in [1.82, 2.24) is 5.32 Å². The van der Waals surface area contributed by atoms with Gasteiger partial charge in [0.2, 0.25) is 0 Å². The van der Waals surface area contributed by atoms with Gasteiger partial charge in [0.1, 0.15) is 0 Å². The fourth-order valence-electron chi connectivity index (χ4n) is 3.17. The molecule has 0 fully saturated rings. The molecule has 0 bridgehead atoms. The maximum Gasteiger partial charge on any atom is 2.00 e. The van der Waals surface area contributed by atoms with E-state index in [1.54, 1.807) is 0 Å². The molecule has 0 rings (SSSR count). The van der Waals surface area contributed by atoms with E-state index in [2.05, 4.69) is 26.1 Å². The van der Waals surface area contributed by atoms with Crippen molar-refractivity contribution in [3.63, 3.8) is 0 Å². The molecule has 178 valence electrons. The van der Waals surface area contributed by atoms with E-state index in [1.165, 1.54) is 77.0 Å². The minimum absolute atomic E-state index is 0. The number of hydrogen-bond acceptors (Lipinski definition) is 4. The van der Waals surface area contributed by atoms with Crippen LogP contribution >= 0.6 is 0 Å². The predicted molar refractivity (Wildman–Crippen MR) is 126 cm³/mol. The van der Waals surface area contributed by atoms with Crippen LogP contribution < -0.4 is 5.32 Å². The van der Waals surface area contributed by atoms with Gasteiger partial charge in [-0.25, -0.2) is 0 Å². The van der Waals surface area contributed by atoms with Crippen molar-refractivity contribution in [3.8, 4) is 0 Å². The molecule has 0 amide bonds. The first kappa shape index (κ1) is 35.2. The van der Waals surface area contributed by atoms with Crippen LogP contribution in [-0.2, 0) is 4.79 Å². The van der Waals surface area contributed by atoms with Gasteiger partial charge in [0.25, 0.3) is 0 Å². The second kappa shape index (κ2) is 31.8. The van der Waals surface area contributed by atoms with Crippen LogP contribution in [0.2, 0.25) is 0 Å². The molecule has 2 atom stereocenters. The van der Waals surface area contributed by atoms with Gasteiger partial charge >= 0.3 is 31.1 Å². The molecule has 0 aromatic carbocycles. The molecule has 3 N–H and O–H groups in total. The number of hydrogen-bond donors (Lipinski definition) is 3. The summed E-state index contributed by atoms with van der Waals surface area (Å²) in [4.78, 5) is 9.82. The van der Waals surface area contributed by atoms with Gasteiger partial charge in [-0.15, -0.1) is 0 Å². The number of aliphatic hydroxyl groups excluding tert-OH is 2. The molecule has 0 aromatic rings. The number of aliphatic hydroxyl groups is 2. The molecular formula is C25H51NO3U. The molecule has 5 heteroatoms. The molecule has 4 nitrogen and oxygen atoms in total. The Kier molecular flexibility index (Phi) is 37.3. The average molecular weight is 652 g/mol. The third-order valence-electron chi connectivity index (χ3n) is 5.15. The van der Waals surface area contributed by atoms with E-state index in [0.717, 1.165) is 31.7 Å². The van der Waals surface area contributed by atoms with Gasteiger partial charge in [-0.3, -0.25) is 6.29 Å².